The van der Waals surface area contributed by atoms with Crippen molar-refractivity contribution in [1.29, 1.82) is 0 Å². The van der Waals surface area contributed by atoms with E-state index in [0.29, 0.717) is 23.7 Å². The molecular formula is C135H161N6+3. The number of benzene rings is 10. The average molecular weight is 1870 g/mol. The molecule has 0 radical (unpaired) electrons. The van der Waals surface area contributed by atoms with Gasteiger partial charge in [-0.15, -0.1) is 0 Å². The summed E-state index contributed by atoms with van der Waals surface area (Å²) in [7, 11) is 13.1. The Bertz CT molecular complexity index is 7080. The molecule has 1 atom stereocenters. The maximum Gasteiger partial charge on any atom is 0.210 e. The first kappa shape index (κ1) is 103. The van der Waals surface area contributed by atoms with Crippen molar-refractivity contribution < 1.29 is 13.7 Å². The van der Waals surface area contributed by atoms with E-state index >= 15 is 0 Å². The maximum absolute atomic E-state index is 2.47. The van der Waals surface area contributed by atoms with Crippen LogP contribution < -0.4 is 14.7 Å². The Kier molecular flexibility index (Phi) is 29.5. The Hall–Kier alpha value is -12.5. The van der Waals surface area contributed by atoms with Crippen molar-refractivity contribution in [2.24, 2.45) is 23.7 Å². The number of rotatable bonds is 15. The van der Waals surface area contributed by atoms with Crippen molar-refractivity contribution in [1.82, 2.24) is 0 Å². The molecule has 0 saturated heterocycles. The Balaban J connectivity index is 0.000000141. The fraction of sp³-hybridized carbons (Fsp3) is 0.356. The van der Waals surface area contributed by atoms with Gasteiger partial charge < -0.3 is 14.7 Å². The van der Waals surface area contributed by atoms with Crippen LogP contribution in [0.2, 0.25) is 0 Å². The second-order valence-corrected chi connectivity index (χ2v) is 46.5. The maximum atomic E-state index is 2.47. The molecule has 6 nitrogen and oxygen atoms in total. The summed E-state index contributed by atoms with van der Waals surface area (Å²) >= 11 is 0. The predicted octanol–water partition coefficient (Wildman–Crippen LogP) is 34.4. The Labute approximate surface area is 849 Å². The van der Waals surface area contributed by atoms with E-state index < -0.39 is 0 Å². The van der Waals surface area contributed by atoms with Gasteiger partial charge in [0.05, 0.1) is 16.2 Å². The summed E-state index contributed by atoms with van der Waals surface area (Å²) in [5.74, 6) is 2.67. The van der Waals surface area contributed by atoms with E-state index in [9.17, 15) is 0 Å². The number of anilines is 3. The number of likely N-dealkylation sites (N-methyl/N-ethyl adjacent to an activating group) is 3. The first-order valence-corrected chi connectivity index (χ1v) is 52.2. The highest BCUT2D eigenvalue weighted by molar-refractivity contribution is 6.08. The van der Waals surface area contributed by atoms with Crippen LogP contribution >= 0.6 is 0 Å². The highest BCUT2D eigenvalue weighted by Crippen LogP contribution is 2.55. The molecule has 728 valence electrons. The second kappa shape index (κ2) is 40.5. The molecule has 0 saturated carbocycles. The van der Waals surface area contributed by atoms with Gasteiger partial charge in [0.1, 0.15) is 21.1 Å². The summed E-state index contributed by atoms with van der Waals surface area (Å²) in [6.45, 7) is 60.2. The van der Waals surface area contributed by atoms with E-state index in [1.165, 1.54) is 198 Å². The Morgan fingerprint density at radius 3 is 1.29 bits per heavy atom. The third-order valence-corrected chi connectivity index (χ3v) is 32.4. The summed E-state index contributed by atoms with van der Waals surface area (Å²) in [6.07, 6.45) is 45.3. The third-order valence-electron chi connectivity index (χ3n) is 32.4. The molecule has 6 heteroatoms. The van der Waals surface area contributed by atoms with E-state index in [0.717, 1.165) is 5.92 Å². The normalized spacial score (nSPS) is 20.9. The predicted molar refractivity (Wildman–Crippen MR) is 613 cm³/mol. The van der Waals surface area contributed by atoms with Crippen LogP contribution in [-0.2, 0) is 43.3 Å². The van der Waals surface area contributed by atoms with Crippen molar-refractivity contribution in [3.05, 3.63) is 433 Å². The van der Waals surface area contributed by atoms with Gasteiger partial charge in [0.2, 0.25) is 17.1 Å². The lowest BCUT2D eigenvalue weighted by atomic mass is 9.78. The largest absolute Gasteiger partial charge is 0.347 e. The number of hydrogen-bond acceptors (Lipinski definition) is 3. The van der Waals surface area contributed by atoms with Gasteiger partial charge >= 0.3 is 0 Å². The molecule has 3 aliphatic carbocycles. The minimum atomic E-state index is -0.0850. The SMILES string of the molecule is CC(C)C.CC(C)C(/C=C/C1=[N+](C)c2ccc3ccccc3c2C1(C)C)=C\C=C1/N(C)c2ccc3ccccc3c2C1(C)C.CC(C)C(/C=C/C1=[N+](C)c2ccccc2C1(C)C)=C\C=C1/N(C)c2ccccc2C1(C)C.CC(C)C1=C(/C=C/C2=Cc3ccccc3C2(C)C)CCC/C1=C\C=C1\C(C)c2ccccc2C1(C)C.CN1\C(=C/C=C/C=C/C2=[N+](C)c3ccccc3C2(C)C)C(C)(C)c2ccccc21. The zero-order valence-electron chi connectivity index (χ0n) is 91.4. The molecule has 19 rings (SSSR count). The first-order valence-electron chi connectivity index (χ1n) is 52.2. The number of allylic oxidation sites excluding steroid dienone is 27. The zero-order valence-corrected chi connectivity index (χ0v) is 91.4. The minimum Gasteiger partial charge on any atom is -0.347 e. The van der Waals surface area contributed by atoms with Crippen molar-refractivity contribution in [2.45, 2.75) is 249 Å². The molecular weight excluding hydrogens is 1710 g/mol. The van der Waals surface area contributed by atoms with Crippen LogP contribution in [0.3, 0.4) is 0 Å². The van der Waals surface area contributed by atoms with Crippen molar-refractivity contribution in [3.63, 3.8) is 0 Å². The van der Waals surface area contributed by atoms with E-state index in [4.69, 9.17) is 0 Å². The molecule has 0 N–H and O–H groups in total. The van der Waals surface area contributed by atoms with E-state index in [1.54, 1.807) is 5.57 Å². The summed E-state index contributed by atoms with van der Waals surface area (Å²) in [5.41, 5.74) is 40.2. The van der Waals surface area contributed by atoms with Gasteiger partial charge in [-0.3, -0.25) is 0 Å². The second-order valence-electron chi connectivity index (χ2n) is 46.5. The number of fused-ring (bicyclic) bond motifs is 12. The van der Waals surface area contributed by atoms with Crippen LogP contribution in [0.4, 0.5) is 34.1 Å². The first-order chi connectivity index (χ1) is 66.7. The monoisotopic (exact) mass is 1870 g/mol. The Morgan fingerprint density at radius 1 is 0.348 bits per heavy atom. The lowest BCUT2D eigenvalue weighted by molar-refractivity contribution is -0.401. The molecule has 0 fully saturated rings. The Morgan fingerprint density at radius 2 is 0.780 bits per heavy atom. The number of nitrogens with zero attached hydrogens (tertiary/aromatic N) is 6. The van der Waals surface area contributed by atoms with Crippen LogP contribution in [0, 0.1) is 23.7 Å². The van der Waals surface area contributed by atoms with E-state index in [1.807, 2.05) is 0 Å². The van der Waals surface area contributed by atoms with Gasteiger partial charge in [-0.05, 0) is 221 Å². The van der Waals surface area contributed by atoms with Gasteiger partial charge in [0.15, 0.2) is 17.1 Å². The molecule has 6 heterocycles. The average Bonchev–Trinajstić information content (AvgIpc) is 1.57. The summed E-state index contributed by atoms with van der Waals surface area (Å²) in [6, 6.07) is 79.3. The fourth-order valence-electron chi connectivity index (χ4n) is 24.6. The van der Waals surface area contributed by atoms with Gasteiger partial charge in [-0.25, -0.2) is 0 Å². The lowest BCUT2D eigenvalue weighted by Crippen LogP contribution is -2.27. The number of hydrogen-bond donors (Lipinski definition) is 0. The van der Waals surface area contributed by atoms with Crippen molar-refractivity contribution >= 4 is 78.9 Å². The van der Waals surface area contributed by atoms with E-state index in [-0.39, 0.29) is 43.3 Å². The molecule has 0 aromatic heterocycles. The van der Waals surface area contributed by atoms with Crippen LogP contribution in [0.15, 0.2) is 378 Å². The molecule has 9 aliphatic rings. The van der Waals surface area contributed by atoms with Gasteiger partial charge in [0, 0.05) is 141 Å². The van der Waals surface area contributed by atoms with Crippen molar-refractivity contribution in [2.75, 3.05) is 57.0 Å². The van der Waals surface area contributed by atoms with Crippen LogP contribution in [0.5, 0.6) is 0 Å². The molecule has 141 heavy (non-hydrogen) atoms. The third kappa shape index (κ3) is 19.4. The van der Waals surface area contributed by atoms with Crippen LogP contribution in [-0.4, -0.2) is 73.1 Å². The molecule has 0 bridgehead atoms. The highest BCUT2D eigenvalue weighted by atomic mass is 15.2. The summed E-state index contributed by atoms with van der Waals surface area (Å²) in [4.78, 5) is 7.03. The van der Waals surface area contributed by atoms with E-state index in [2.05, 4.69) is 578 Å². The highest BCUT2D eigenvalue weighted by Gasteiger charge is 2.48. The lowest BCUT2D eigenvalue weighted by Gasteiger charge is -2.26. The number of para-hydroxylation sites is 4. The molecule has 1 unspecified atom stereocenters. The standard InChI is InChI=1S/C38H41N2.C36H42.C30H37N2.C27H31N2.C4H10/c1-25(2)26(19-23-33-37(3,4)35-29-15-11-9-13-27(29)17-21-31(35)39(33)7)20-24-34-38(5,6)36-30-16-12-10-14-28(30)18-22-32(36)40(34)8;1-24(2)34-26(19-21-29-23-28-13-8-10-17-32(28)35(29,4)5)14-12-15-27(34)20-22-31-25(3)30-16-9-11-18-33(30)36(31,6)7;1-21(2)22(17-19-27-29(3,4)23-13-9-11-15-25(23)31(27)7)18-20-28-30(5,6)24-14-10-12-16-26(24)32(28)8;1-26(2)20-14-10-12-16-22(20)28(5)24(26)18-8-7-9-19-25-27(3,4)21-15-11-13-17-23(21)29(25)6;1-4(2)3/h9-25H,1-8H3;8-11,13,16-25H,12,14-15H2,1-7H3;9-21H,1-8H3;7-19H,1-6H3;4H,1-3H3/q+1;;2*+1;/b;21-19+,27-20+,31-22-;;;. The molecule has 10 aromatic rings. The van der Waals surface area contributed by atoms with Crippen molar-refractivity contribution in [3.8, 4) is 0 Å². The van der Waals surface area contributed by atoms with Gasteiger partial charge in [-0.2, -0.15) is 13.7 Å². The smallest absolute Gasteiger partial charge is 0.210 e. The quantitative estimate of drug-likeness (QED) is 0.0753. The van der Waals surface area contributed by atoms with Gasteiger partial charge in [0.25, 0.3) is 0 Å². The summed E-state index contributed by atoms with van der Waals surface area (Å²) < 4.78 is 7.03. The minimum absolute atomic E-state index is 0.00228. The molecule has 0 spiro atoms. The topological polar surface area (TPSA) is 18.8 Å². The molecule has 0 amide bonds. The van der Waals surface area contributed by atoms with Crippen LogP contribution in [0.25, 0.3) is 27.6 Å². The van der Waals surface area contributed by atoms with Crippen LogP contribution in [0.1, 0.15) is 261 Å². The fourth-order valence-corrected chi connectivity index (χ4v) is 24.6. The zero-order chi connectivity index (χ0) is 102. The molecule has 10 aromatic carbocycles. The van der Waals surface area contributed by atoms with Gasteiger partial charge in [-0.1, -0.05) is 393 Å². The molecule has 6 aliphatic heterocycles. The summed E-state index contributed by atoms with van der Waals surface area (Å²) in [5, 5.41) is 5.31.